The molecule has 1 amide bonds. The average molecular weight is 451 g/mol. The Morgan fingerprint density at radius 3 is 2.12 bits per heavy atom. The van der Waals surface area contributed by atoms with Crippen molar-refractivity contribution in [2.24, 2.45) is 0 Å². The molecule has 8 nitrogen and oxygen atoms in total. The Bertz CT molecular complexity index is 1240. The van der Waals surface area contributed by atoms with Gasteiger partial charge in [0.2, 0.25) is 10.0 Å². The number of carbonyl (C=O) groups is 2. The number of nitrogens with zero attached hydrogens (tertiary/aromatic N) is 4. The lowest BCUT2D eigenvalue weighted by Gasteiger charge is -2.34. The minimum Gasteiger partial charge on any atom is -0.336 e. The number of hydrogen-bond acceptors (Lipinski definition) is 6. The van der Waals surface area contributed by atoms with Crippen molar-refractivity contribution in [1.29, 1.82) is 0 Å². The zero-order valence-corrected chi connectivity index (χ0v) is 18.3. The van der Waals surface area contributed by atoms with Crippen molar-refractivity contribution < 1.29 is 18.0 Å². The lowest BCUT2D eigenvalue weighted by Crippen LogP contribution is -2.50. The molecule has 1 aliphatic heterocycles. The third-order valence-corrected chi connectivity index (χ3v) is 7.23. The van der Waals surface area contributed by atoms with E-state index in [2.05, 4.69) is 9.97 Å². The molecule has 9 heteroatoms. The molecule has 32 heavy (non-hydrogen) atoms. The zero-order chi connectivity index (χ0) is 22.7. The van der Waals surface area contributed by atoms with Gasteiger partial charge in [0.25, 0.3) is 5.91 Å². The molecule has 1 saturated heterocycles. The van der Waals surface area contributed by atoms with Gasteiger partial charge < -0.3 is 4.90 Å². The predicted octanol–water partition coefficient (Wildman–Crippen LogP) is 2.49. The first-order chi connectivity index (χ1) is 15.4. The molecule has 0 saturated carbocycles. The van der Waals surface area contributed by atoms with E-state index < -0.39 is 10.0 Å². The summed E-state index contributed by atoms with van der Waals surface area (Å²) in [5.74, 6) is 0.101. The minimum absolute atomic E-state index is 0.0786. The van der Waals surface area contributed by atoms with Gasteiger partial charge in [-0.1, -0.05) is 42.5 Å². The number of hydrogen-bond donors (Lipinski definition) is 0. The number of aromatic nitrogens is 2. The molecule has 1 fully saturated rings. The number of carbonyl (C=O) groups excluding carboxylic acids is 2. The van der Waals surface area contributed by atoms with Crippen LogP contribution in [0.3, 0.4) is 0 Å². The summed E-state index contributed by atoms with van der Waals surface area (Å²) in [6, 6.07) is 15.5. The van der Waals surface area contributed by atoms with E-state index in [4.69, 9.17) is 0 Å². The third-order valence-electron chi connectivity index (χ3n) is 5.33. The Morgan fingerprint density at radius 1 is 0.844 bits per heavy atom. The Balaban J connectivity index is 1.42. The Labute approximate surface area is 186 Å². The van der Waals surface area contributed by atoms with Crippen LogP contribution in [0.1, 0.15) is 27.6 Å². The molecule has 4 rings (SSSR count). The van der Waals surface area contributed by atoms with E-state index in [-0.39, 0.29) is 42.8 Å². The monoisotopic (exact) mass is 450 g/mol. The van der Waals surface area contributed by atoms with Crippen molar-refractivity contribution in [1.82, 2.24) is 19.2 Å². The maximum Gasteiger partial charge on any atom is 0.257 e. The standard InChI is InChI=1S/C23H22N4O4S/c1-17(28)19-8-5-9-21(14-19)32(30,31)27-12-10-26(11-13-27)23(29)20-15-24-22(25-16-20)18-6-3-2-4-7-18/h2-9,14-16H,10-13H2,1H3. The average Bonchev–Trinajstić information content (AvgIpc) is 2.84. The van der Waals surface area contributed by atoms with Crippen LogP contribution in [0.25, 0.3) is 11.4 Å². The van der Waals surface area contributed by atoms with Crippen LogP contribution in [-0.4, -0.2) is 65.5 Å². The second kappa shape index (κ2) is 8.97. The number of benzene rings is 2. The van der Waals surface area contributed by atoms with Gasteiger partial charge in [-0.05, 0) is 19.1 Å². The Kier molecular flexibility index (Phi) is 6.11. The first-order valence-corrected chi connectivity index (χ1v) is 11.6. The van der Waals surface area contributed by atoms with Crippen LogP contribution < -0.4 is 0 Å². The molecular formula is C23H22N4O4S. The fourth-order valence-electron chi connectivity index (χ4n) is 3.51. The Hall–Kier alpha value is -3.43. The summed E-state index contributed by atoms with van der Waals surface area (Å²) in [4.78, 5) is 34.7. The highest BCUT2D eigenvalue weighted by molar-refractivity contribution is 7.89. The molecule has 1 aliphatic rings. The maximum absolute atomic E-state index is 13.0. The topological polar surface area (TPSA) is 101 Å². The highest BCUT2D eigenvalue weighted by atomic mass is 32.2. The Morgan fingerprint density at radius 2 is 1.50 bits per heavy atom. The third kappa shape index (κ3) is 4.44. The van der Waals surface area contributed by atoms with E-state index in [1.54, 1.807) is 17.0 Å². The van der Waals surface area contributed by atoms with Gasteiger partial charge >= 0.3 is 0 Å². The summed E-state index contributed by atoms with van der Waals surface area (Å²) in [5.41, 5.74) is 1.56. The fraction of sp³-hybridized carbons (Fsp3) is 0.217. The molecule has 0 spiro atoms. The van der Waals surface area contributed by atoms with Crippen molar-refractivity contribution in [3.63, 3.8) is 0 Å². The molecule has 0 unspecified atom stereocenters. The first kappa shape index (κ1) is 21.8. The second-order valence-electron chi connectivity index (χ2n) is 7.44. The van der Waals surface area contributed by atoms with E-state index in [9.17, 15) is 18.0 Å². The highest BCUT2D eigenvalue weighted by Crippen LogP contribution is 2.20. The molecule has 0 atom stereocenters. The van der Waals surface area contributed by atoms with Gasteiger partial charge in [-0.2, -0.15) is 4.31 Å². The van der Waals surface area contributed by atoms with E-state index >= 15 is 0 Å². The van der Waals surface area contributed by atoms with Crippen LogP contribution >= 0.6 is 0 Å². The van der Waals surface area contributed by atoms with Gasteiger partial charge in [-0.3, -0.25) is 9.59 Å². The van der Waals surface area contributed by atoms with Crippen LogP contribution in [0, 0.1) is 0 Å². The SMILES string of the molecule is CC(=O)c1cccc(S(=O)(=O)N2CCN(C(=O)c3cnc(-c4ccccc4)nc3)CC2)c1. The number of amides is 1. The number of rotatable bonds is 5. The summed E-state index contributed by atoms with van der Waals surface area (Å²) < 4.78 is 27.3. The number of piperazine rings is 1. The van der Waals surface area contributed by atoms with Crippen molar-refractivity contribution >= 4 is 21.7 Å². The molecule has 3 aromatic rings. The van der Waals surface area contributed by atoms with Gasteiger partial charge in [0, 0.05) is 49.7 Å². The van der Waals surface area contributed by atoms with Gasteiger partial charge in [0.05, 0.1) is 10.5 Å². The second-order valence-corrected chi connectivity index (χ2v) is 9.38. The van der Waals surface area contributed by atoms with Crippen molar-refractivity contribution in [3.05, 3.63) is 78.1 Å². The number of sulfonamides is 1. The van der Waals surface area contributed by atoms with Crippen LogP contribution in [0.5, 0.6) is 0 Å². The first-order valence-electron chi connectivity index (χ1n) is 10.1. The molecule has 1 aromatic heterocycles. The summed E-state index contributed by atoms with van der Waals surface area (Å²) >= 11 is 0. The number of ketones is 1. The van der Waals surface area contributed by atoms with Crippen LogP contribution in [0.2, 0.25) is 0 Å². The van der Waals surface area contributed by atoms with Gasteiger partial charge in [-0.15, -0.1) is 0 Å². The molecule has 2 aromatic carbocycles. The number of Topliss-reactive ketones (excluding diaryl/α,β-unsaturated/α-hetero) is 1. The van der Waals surface area contributed by atoms with Crippen molar-refractivity contribution in [2.75, 3.05) is 26.2 Å². The van der Waals surface area contributed by atoms with Gasteiger partial charge in [0.15, 0.2) is 11.6 Å². The van der Waals surface area contributed by atoms with E-state index in [0.717, 1.165) is 5.56 Å². The quantitative estimate of drug-likeness (QED) is 0.554. The lowest BCUT2D eigenvalue weighted by molar-refractivity contribution is 0.0697. The summed E-state index contributed by atoms with van der Waals surface area (Å²) in [6.45, 7) is 2.24. The van der Waals surface area contributed by atoms with E-state index in [1.165, 1.54) is 35.8 Å². The van der Waals surface area contributed by atoms with Crippen LogP contribution in [0.15, 0.2) is 71.9 Å². The van der Waals surface area contributed by atoms with Crippen molar-refractivity contribution in [3.8, 4) is 11.4 Å². The van der Waals surface area contributed by atoms with E-state index in [1.807, 2.05) is 30.3 Å². The van der Waals surface area contributed by atoms with Gasteiger partial charge in [0.1, 0.15) is 0 Å². The van der Waals surface area contributed by atoms with Crippen molar-refractivity contribution in [2.45, 2.75) is 11.8 Å². The molecule has 0 N–H and O–H groups in total. The fourth-order valence-corrected chi connectivity index (χ4v) is 4.98. The summed E-state index contributed by atoms with van der Waals surface area (Å²) in [5, 5.41) is 0. The highest BCUT2D eigenvalue weighted by Gasteiger charge is 2.31. The molecule has 2 heterocycles. The molecule has 0 aliphatic carbocycles. The largest absolute Gasteiger partial charge is 0.336 e. The van der Waals surface area contributed by atoms with Gasteiger partial charge in [-0.25, -0.2) is 18.4 Å². The summed E-state index contributed by atoms with van der Waals surface area (Å²) in [6.07, 6.45) is 2.99. The maximum atomic E-state index is 13.0. The minimum atomic E-state index is -3.75. The van der Waals surface area contributed by atoms with Crippen LogP contribution in [-0.2, 0) is 10.0 Å². The lowest BCUT2D eigenvalue weighted by atomic mass is 10.2. The molecule has 0 bridgehead atoms. The van der Waals surface area contributed by atoms with Crippen LogP contribution in [0.4, 0.5) is 0 Å². The molecule has 0 radical (unpaired) electrons. The van der Waals surface area contributed by atoms with E-state index in [0.29, 0.717) is 17.0 Å². The predicted molar refractivity (Wildman–Crippen MR) is 119 cm³/mol. The smallest absolute Gasteiger partial charge is 0.257 e. The summed E-state index contributed by atoms with van der Waals surface area (Å²) in [7, 11) is -3.75. The molecule has 164 valence electrons. The normalized spacial score (nSPS) is 14.8. The molecular weight excluding hydrogens is 428 g/mol. The zero-order valence-electron chi connectivity index (χ0n) is 17.5.